The standard InChI is InChI=1S/C20H22N2O4/c1-14-12-16(9-5-8-15-6-3-2-4-7-15)26-20(25)18(14)19(24)22-11-10-21-17(23)13-22/h2-4,6-7,12H,5,8-11,13H2,1H3,(H,21,23). The Morgan fingerprint density at radius 2 is 1.96 bits per heavy atom. The van der Waals surface area contributed by atoms with E-state index in [9.17, 15) is 14.4 Å². The van der Waals surface area contributed by atoms with Crippen molar-refractivity contribution in [1.29, 1.82) is 0 Å². The summed E-state index contributed by atoms with van der Waals surface area (Å²) in [4.78, 5) is 37.8. The molecule has 0 unspecified atom stereocenters. The van der Waals surface area contributed by atoms with Gasteiger partial charge in [0.15, 0.2) is 0 Å². The molecular formula is C20H22N2O4. The Balaban J connectivity index is 1.69. The highest BCUT2D eigenvalue weighted by Gasteiger charge is 2.26. The average molecular weight is 354 g/mol. The molecule has 1 saturated heterocycles. The molecule has 2 aromatic rings. The fraction of sp³-hybridized carbons (Fsp3) is 0.350. The van der Waals surface area contributed by atoms with Crippen LogP contribution in [0.3, 0.4) is 0 Å². The molecule has 1 aromatic carbocycles. The first kappa shape index (κ1) is 17.9. The number of aryl methyl sites for hydroxylation is 3. The molecule has 0 spiro atoms. The molecule has 6 heteroatoms. The third kappa shape index (κ3) is 4.20. The lowest BCUT2D eigenvalue weighted by Gasteiger charge is -2.26. The largest absolute Gasteiger partial charge is 0.427 e. The maximum atomic E-state index is 12.6. The lowest BCUT2D eigenvalue weighted by Crippen LogP contribution is -2.50. The SMILES string of the molecule is Cc1cc(CCCc2ccccc2)oc(=O)c1C(=O)N1CCNC(=O)C1. The monoisotopic (exact) mass is 354 g/mol. The Kier molecular flexibility index (Phi) is 5.51. The quantitative estimate of drug-likeness (QED) is 0.886. The Hall–Kier alpha value is -2.89. The van der Waals surface area contributed by atoms with Gasteiger partial charge < -0.3 is 14.6 Å². The van der Waals surface area contributed by atoms with Gasteiger partial charge in [0, 0.05) is 19.5 Å². The van der Waals surface area contributed by atoms with Crippen LogP contribution in [0.2, 0.25) is 0 Å². The van der Waals surface area contributed by atoms with E-state index in [1.807, 2.05) is 18.2 Å². The number of hydrogen-bond acceptors (Lipinski definition) is 4. The molecule has 26 heavy (non-hydrogen) atoms. The van der Waals surface area contributed by atoms with Gasteiger partial charge in [-0.15, -0.1) is 0 Å². The minimum Gasteiger partial charge on any atom is -0.427 e. The van der Waals surface area contributed by atoms with Crippen molar-refractivity contribution in [2.75, 3.05) is 19.6 Å². The molecule has 3 rings (SSSR count). The van der Waals surface area contributed by atoms with E-state index in [1.165, 1.54) is 10.5 Å². The van der Waals surface area contributed by atoms with Gasteiger partial charge in [0.2, 0.25) is 5.91 Å². The molecule has 1 aliphatic heterocycles. The Bertz CT molecular complexity index is 858. The molecular weight excluding hydrogens is 332 g/mol. The number of carbonyl (C=O) groups excluding carboxylic acids is 2. The zero-order valence-electron chi connectivity index (χ0n) is 14.8. The van der Waals surface area contributed by atoms with Gasteiger partial charge in [0.25, 0.3) is 5.91 Å². The van der Waals surface area contributed by atoms with Crippen LogP contribution in [0.4, 0.5) is 0 Å². The van der Waals surface area contributed by atoms with Gasteiger partial charge in [-0.05, 0) is 37.0 Å². The van der Waals surface area contributed by atoms with Gasteiger partial charge >= 0.3 is 5.63 Å². The third-order valence-electron chi connectivity index (χ3n) is 4.47. The van der Waals surface area contributed by atoms with E-state index in [-0.39, 0.29) is 18.0 Å². The topological polar surface area (TPSA) is 79.6 Å². The molecule has 1 fully saturated rings. The van der Waals surface area contributed by atoms with Crippen LogP contribution in [0.25, 0.3) is 0 Å². The van der Waals surface area contributed by atoms with E-state index >= 15 is 0 Å². The minimum atomic E-state index is -0.629. The Labute approximate surface area is 151 Å². The summed E-state index contributed by atoms with van der Waals surface area (Å²) in [5, 5.41) is 2.66. The van der Waals surface area contributed by atoms with Gasteiger partial charge in [-0.2, -0.15) is 0 Å². The second kappa shape index (κ2) is 7.99. The average Bonchev–Trinajstić information content (AvgIpc) is 2.62. The maximum absolute atomic E-state index is 12.6. The highest BCUT2D eigenvalue weighted by molar-refractivity contribution is 5.97. The molecule has 1 N–H and O–H groups in total. The normalized spacial score (nSPS) is 14.2. The molecule has 0 atom stereocenters. The highest BCUT2D eigenvalue weighted by atomic mass is 16.4. The van der Waals surface area contributed by atoms with Crippen LogP contribution in [-0.4, -0.2) is 36.3 Å². The summed E-state index contributed by atoms with van der Waals surface area (Å²) in [6, 6.07) is 11.9. The number of hydrogen-bond donors (Lipinski definition) is 1. The van der Waals surface area contributed by atoms with E-state index in [0.717, 1.165) is 12.8 Å². The molecule has 1 aromatic heterocycles. The molecule has 136 valence electrons. The second-order valence-corrected chi connectivity index (χ2v) is 6.47. The van der Waals surface area contributed by atoms with Crippen LogP contribution in [0.5, 0.6) is 0 Å². The number of nitrogens with zero attached hydrogens (tertiary/aromatic N) is 1. The second-order valence-electron chi connectivity index (χ2n) is 6.47. The minimum absolute atomic E-state index is 0.0199. The summed E-state index contributed by atoms with van der Waals surface area (Å²) in [7, 11) is 0. The van der Waals surface area contributed by atoms with Crippen molar-refractivity contribution >= 4 is 11.8 Å². The van der Waals surface area contributed by atoms with E-state index in [4.69, 9.17) is 4.42 Å². The first-order valence-corrected chi connectivity index (χ1v) is 8.78. The molecule has 0 aliphatic carbocycles. The first-order chi connectivity index (χ1) is 12.5. The lowest BCUT2D eigenvalue weighted by atomic mass is 10.1. The first-order valence-electron chi connectivity index (χ1n) is 8.78. The summed E-state index contributed by atoms with van der Waals surface area (Å²) >= 11 is 0. The number of piperazine rings is 1. The van der Waals surface area contributed by atoms with Crippen LogP contribution in [-0.2, 0) is 17.6 Å². The van der Waals surface area contributed by atoms with Gasteiger partial charge in [0.1, 0.15) is 11.3 Å². The fourth-order valence-electron chi connectivity index (χ4n) is 3.13. The summed E-state index contributed by atoms with van der Waals surface area (Å²) in [6.45, 7) is 2.49. The van der Waals surface area contributed by atoms with Crippen LogP contribution < -0.4 is 10.9 Å². The van der Waals surface area contributed by atoms with E-state index in [2.05, 4.69) is 17.4 Å². The molecule has 1 aliphatic rings. The Morgan fingerprint density at radius 3 is 2.65 bits per heavy atom. The van der Waals surface area contributed by atoms with E-state index in [1.54, 1.807) is 13.0 Å². The molecule has 2 amide bonds. The van der Waals surface area contributed by atoms with Gasteiger partial charge in [-0.3, -0.25) is 9.59 Å². The van der Waals surface area contributed by atoms with Crippen molar-refractivity contribution in [2.24, 2.45) is 0 Å². The van der Waals surface area contributed by atoms with Crippen molar-refractivity contribution in [3.05, 3.63) is 69.3 Å². The number of rotatable bonds is 5. The van der Waals surface area contributed by atoms with Crippen molar-refractivity contribution in [3.63, 3.8) is 0 Å². The predicted octanol–water partition coefficient (Wildman–Crippen LogP) is 1.70. The fourth-order valence-corrected chi connectivity index (χ4v) is 3.13. The molecule has 2 heterocycles. The summed E-state index contributed by atoms with van der Waals surface area (Å²) in [5.41, 5.74) is 1.22. The number of benzene rings is 1. The summed E-state index contributed by atoms with van der Waals surface area (Å²) in [5.74, 6) is -0.0810. The van der Waals surface area contributed by atoms with Gasteiger partial charge in [-0.25, -0.2) is 4.79 Å². The smallest absolute Gasteiger partial charge is 0.349 e. The lowest BCUT2D eigenvalue weighted by molar-refractivity contribution is -0.123. The zero-order valence-corrected chi connectivity index (χ0v) is 14.8. The van der Waals surface area contributed by atoms with E-state index < -0.39 is 11.5 Å². The zero-order chi connectivity index (χ0) is 18.5. The molecule has 0 radical (unpaired) electrons. The van der Waals surface area contributed by atoms with Crippen LogP contribution >= 0.6 is 0 Å². The van der Waals surface area contributed by atoms with Crippen molar-refractivity contribution in [3.8, 4) is 0 Å². The van der Waals surface area contributed by atoms with Crippen LogP contribution in [0, 0.1) is 6.92 Å². The predicted molar refractivity (Wildman–Crippen MR) is 97.1 cm³/mol. The summed E-state index contributed by atoms with van der Waals surface area (Å²) < 4.78 is 5.36. The van der Waals surface area contributed by atoms with Crippen molar-refractivity contribution < 1.29 is 14.0 Å². The van der Waals surface area contributed by atoms with Crippen molar-refractivity contribution in [2.45, 2.75) is 26.2 Å². The number of carbonyl (C=O) groups is 2. The van der Waals surface area contributed by atoms with Gasteiger partial charge in [0.05, 0.1) is 6.54 Å². The number of amides is 2. The number of nitrogens with one attached hydrogen (secondary N) is 1. The molecule has 6 nitrogen and oxygen atoms in total. The van der Waals surface area contributed by atoms with Crippen LogP contribution in [0.15, 0.2) is 45.6 Å². The third-order valence-corrected chi connectivity index (χ3v) is 4.47. The Morgan fingerprint density at radius 1 is 1.19 bits per heavy atom. The molecule has 0 bridgehead atoms. The van der Waals surface area contributed by atoms with Gasteiger partial charge in [-0.1, -0.05) is 30.3 Å². The molecule has 0 saturated carbocycles. The van der Waals surface area contributed by atoms with Crippen LogP contribution in [0.1, 0.15) is 33.7 Å². The summed E-state index contributed by atoms with van der Waals surface area (Å²) in [6.07, 6.45) is 2.38. The van der Waals surface area contributed by atoms with E-state index in [0.29, 0.717) is 30.8 Å². The van der Waals surface area contributed by atoms with Crippen molar-refractivity contribution in [1.82, 2.24) is 10.2 Å². The highest BCUT2D eigenvalue weighted by Crippen LogP contribution is 2.13. The maximum Gasteiger partial charge on any atom is 0.349 e.